The highest BCUT2D eigenvalue weighted by Crippen LogP contribution is 2.31. The van der Waals surface area contributed by atoms with Crippen molar-refractivity contribution in [2.24, 2.45) is 0 Å². The fraction of sp³-hybridized carbons (Fsp3) is 0.133. The highest BCUT2D eigenvalue weighted by Gasteiger charge is 2.19. The van der Waals surface area contributed by atoms with Crippen LogP contribution in [-0.4, -0.2) is 23.5 Å². The lowest BCUT2D eigenvalue weighted by Gasteiger charge is -2.10. The molecule has 126 valence electrons. The number of benzene rings is 1. The Morgan fingerprint density at radius 3 is 2.54 bits per heavy atom. The predicted octanol–water partition coefficient (Wildman–Crippen LogP) is 4.80. The molecule has 2 aromatic rings. The van der Waals surface area contributed by atoms with Crippen LogP contribution >= 0.6 is 46.4 Å². The number of esters is 1. The lowest BCUT2D eigenvalue weighted by molar-refractivity contribution is -0.119. The second kappa shape index (κ2) is 8.03. The molecule has 1 N–H and O–H groups in total. The molecule has 0 atom stereocenters. The van der Waals surface area contributed by atoms with Crippen LogP contribution in [0.5, 0.6) is 0 Å². The molecule has 0 saturated carbocycles. The molecule has 2 rings (SSSR count). The Morgan fingerprint density at radius 2 is 1.83 bits per heavy atom. The van der Waals surface area contributed by atoms with E-state index >= 15 is 0 Å². The average Bonchev–Trinajstić information content (AvgIpc) is 2.55. The van der Waals surface area contributed by atoms with Gasteiger partial charge in [-0.2, -0.15) is 0 Å². The molecule has 1 aromatic carbocycles. The molecule has 1 aromatic heterocycles. The number of nitrogens with one attached hydrogen (secondary N) is 1. The zero-order chi connectivity index (χ0) is 17.9. The first-order valence-electron chi connectivity index (χ1n) is 6.53. The van der Waals surface area contributed by atoms with E-state index in [1.807, 2.05) is 0 Å². The van der Waals surface area contributed by atoms with E-state index in [-0.39, 0.29) is 20.8 Å². The molecule has 24 heavy (non-hydrogen) atoms. The number of anilines is 1. The van der Waals surface area contributed by atoms with Gasteiger partial charge in [0.05, 0.1) is 15.1 Å². The third-order valence-electron chi connectivity index (χ3n) is 2.99. The largest absolute Gasteiger partial charge is 0.451 e. The van der Waals surface area contributed by atoms with Crippen molar-refractivity contribution >= 4 is 64.0 Å². The summed E-state index contributed by atoms with van der Waals surface area (Å²) in [6.45, 7) is 1.23. The molecule has 0 unspecified atom stereocenters. The van der Waals surface area contributed by atoms with Crippen molar-refractivity contribution in [3.8, 4) is 0 Å². The Morgan fingerprint density at radius 1 is 1.12 bits per heavy atom. The number of aromatic nitrogens is 1. The van der Waals surface area contributed by atoms with Gasteiger partial charge in [-0.1, -0.05) is 52.5 Å². The third-order valence-corrected chi connectivity index (χ3v) is 4.64. The fourth-order valence-electron chi connectivity index (χ4n) is 1.71. The van der Waals surface area contributed by atoms with Gasteiger partial charge in [-0.15, -0.1) is 0 Å². The number of ether oxygens (including phenoxy) is 1. The standard InChI is InChI=1S/C15H10Cl4N2O3/c1-7-8(16)3-2-4-10(7)21-11(22)6-24-15(23)14-13(19)12(18)9(17)5-20-14/h2-5H,6H2,1H3,(H,21,22). The first kappa shape index (κ1) is 18.8. The van der Waals surface area contributed by atoms with E-state index in [9.17, 15) is 9.59 Å². The van der Waals surface area contributed by atoms with E-state index in [0.717, 1.165) is 0 Å². The molecular weight excluding hydrogens is 398 g/mol. The molecule has 0 saturated heterocycles. The van der Waals surface area contributed by atoms with E-state index in [4.69, 9.17) is 51.1 Å². The molecule has 5 nitrogen and oxygen atoms in total. The van der Waals surface area contributed by atoms with Crippen LogP contribution in [0.15, 0.2) is 24.4 Å². The molecule has 0 aliphatic carbocycles. The van der Waals surface area contributed by atoms with Crippen LogP contribution in [0, 0.1) is 6.92 Å². The minimum atomic E-state index is -0.892. The second-order valence-corrected chi connectivity index (χ2v) is 6.19. The lowest BCUT2D eigenvalue weighted by Crippen LogP contribution is -2.22. The smallest absolute Gasteiger partial charge is 0.359 e. The molecule has 0 bridgehead atoms. The zero-order valence-electron chi connectivity index (χ0n) is 12.2. The molecule has 0 radical (unpaired) electrons. The molecule has 0 spiro atoms. The molecule has 0 aliphatic rings. The summed E-state index contributed by atoms with van der Waals surface area (Å²) in [6, 6.07) is 5.07. The Balaban J connectivity index is 2.00. The van der Waals surface area contributed by atoms with Gasteiger partial charge >= 0.3 is 5.97 Å². The van der Waals surface area contributed by atoms with Crippen LogP contribution < -0.4 is 5.32 Å². The van der Waals surface area contributed by atoms with Crippen molar-refractivity contribution in [3.05, 3.63) is 55.7 Å². The molecule has 0 fully saturated rings. The number of carbonyl (C=O) groups excluding carboxylic acids is 2. The molecule has 9 heteroatoms. The van der Waals surface area contributed by atoms with Crippen molar-refractivity contribution in [3.63, 3.8) is 0 Å². The van der Waals surface area contributed by atoms with Gasteiger partial charge in [0.1, 0.15) is 0 Å². The lowest BCUT2D eigenvalue weighted by atomic mass is 10.2. The van der Waals surface area contributed by atoms with Crippen molar-refractivity contribution in [2.45, 2.75) is 6.92 Å². The SMILES string of the molecule is Cc1c(Cl)cccc1NC(=O)COC(=O)c1ncc(Cl)c(Cl)c1Cl. The Labute approximate surface area is 157 Å². The molecular formula is C15H10Cl4N2O3. The number of rotatable bonds is 4. The maximum Gasteiger partial charge on any atom is 0.359 e. The third kappa shape index (κ3) is 4.30. The van der Waals surface area contributed by atoms with Gasteiger partial charge in [0.2, 0.25) is 0 Å². The van der Waals surface area contributed by atoms with Gasteiger partial charge in [0, 0.05) is 16.9 Å². The summed E-state index contributed by atoms with van der Waals surface area (Å²) < 4.78 is 4.88. The quantitative estimate of drug-likeness (QED) is 0.739. The van der Waals surface area contributed by atoms with Gasteiger partial charge in [-0.05, 0) is 24.6 Å². The maximum absolute atomic E-state index is 11.9. The summed E-state index contributed by atoms with van der Waals surface area (Å²) in [6.07, 6.45) is 1.17. The van der Waals surface area contributed by atoms with Crippen LogP contribution in [0.4, 0.5) is 5.69 Å². The van der Waals surface area contributed by atoms with Crippen LogP contribution in [0.2, 0.25) is 20.1 Å². The topological polar surface area (TPSA) is 68.3 Å². The number of hydrogen-bond acceptors (Lipinski definition) is 4. The number of hydrogen-bond donors (Lipinski definition) is 1. The number of halogens is 4. The summed E-state index contributed by atoms with van der Waals surface area (Å²) >= 11 is 23.4. The average molecular weight is 408 g/mol. The van der Waals surface area contributed by atoms with E-state index < -0.39 is 18.5 Å². The molecule has 1 heterocycles. The van der Waals surface area contributed by atoms with Crippen LogP contribution in [-0.2, 0) is 9.53 Å². The van der Waals surface area contributed by atoms with Crippen LogP contribution in [0.3, 0.4) is 0 Å². The first-order chi connectivity index (χ1) is 11.3. The van der Waals surface area contributed by atoms with Crippen molar-refractivity contribution < 1.29 is 14.3 Å². The first-order valence-corrected chi connectivity index (χ1v) is 8.04. The van der Waals surface area contributed by atoms with Crippen LogP contribution in [0.25, 0.3) is 0 Å². The van der Waals surface area contributed by atoms with Gasteiger partial charge in [0.15, 0.2) is 12.3 Å². The normalized spacial score (nSPS) is 10.4. The number of carbonyl (C=O) groups is 2. The minimum absolute atomic E-state index is 0.0145. The summed E-state index contributed by atoms with van der Waals surface area (Å²) in [4.78, 5) is 27.6. The van der Waals surface area contributed by atoms with Crippen molar-refractivity contribution in [2.75, 3.05) is 11.9 Å². The Bertz CT molecular complexity index is 812. The van der Waals surface area contributed by atoms with Crippen molar-refractivity contribution in [1.82, 2.24) is 4.98 Å². The molecule has 0 aliphatic heterocycles. The fourth-order valence-corrected chi connectivity index (χ4v) is 2.45. The van der Waals surface area contributed by atoms with E-state index in [2.05, 4.69) is 10.3 Å². The van der Waals surface area contributed by atoms with Crippen LogP contribution in [0.1, 0.15) is 16.1 Å². The minimum Gasteiger partial charge on any atom is -0.451 e. The molecule has 1 amide bonds. The number of pyridine rings is 1. The zero-order valence-corrected chi connectivity index (χ0v) is 15.2. The van der Waals surface area contributed by atoms with E-state index in [0.29, 0.717) is 16.3 Å². The number of nitrogens with zero attached hydrogens (tertiary/aromatic N) is 1. The summed E-state index contributed by atoms with van der Waals surface area (Å²) in [5.41, 5.74) is 1.00. The summed E-state index contributed by atoms with van der Waals surface area (Å²) in [5.74, 6) is -1.43. The monoisotopic (exact) mass is 406 g/mol. The Kier molecular flexibility index (Phi) is 6.29. The number of amides is 1. The van der Waals surface area contributed by atoms with E-state index in [1.54, 1.807) is 25.1 Å². The highest BCUT2D eigenvalue weighted by molar-refractivity contribution is 6.48. The van der Waals surface area contributed by atoms with Gasteiger partial charge in [0.25, 0.3) is 5.91 Å². The van der Waals surface area contributed by atoms with Gasteiger partial charge in [-0.25, -0.2) is 9.78 Å². The van der Waals surface area contributed by atoms with Gasteiger partial charge in [-0.3, -0.25) is 4.79 Å². The maximum atomic E-state index is 11.9. The summed E-state index contributed by atoms with van der Waals surface area (Å²) in [5, 5.41) is 3.05. The summed E-state index contributed by atoms with van der Waals surface area (Å²) in [7, 11) is 0. The highest BCUT2D eigenvalue weighted by atomic mass is 35.5. The van der Waals surface area contributed by atoms with E-state index in [1.165, 1.54) is 6.20 Å². The predicted molar refractivity (Wildman–Crippen MR) is 94.4 cm³/mol. The second-order valence-electron chi connectivity index (χ2n) is 4.62. The van der Waals surface area contributed by atoms with Gasteiger partial charge < -0.3 is 10.1 Å². The Hall–Kier alpha value is -1.53. The van der Waals surface area contributed by atoms with Crippen molar-refractivity contribution in [1.29, 1.82) is 0 Å².